The van der Waals surface area contributed by atoms with Crippen LogP contribution in [-0.2, 0) is 26.1 Å². The van der Waals surface area contributed by atoms with Crippen molar-refractivity contribution < 1.29 is 23.8 Å². The molecule has 0 aromatic heterocycles. The first-order valence-corrected chi connectivity index (χ1v) is 13.9. The molecule has 1 spiro atoms. The second-order valence-electron chi connectivity index (χ2n) is 11.2. The third-order valence-electron chi connectivity index (χ3n) is 9.01. The molecule has 2 aromatic rings. The van der Waals surface area contributed by atoms with Crippen LogP contribution in [0, 0.1) is 11.8 Å². The molecule has 1 unspecified atom stereocenters. The summed E-state index contributed by atoms with van der Waals surface area (Å²) < 4.78 is 17.6. The lowest BCUT2D eigenvalue weighted by molar-refractivity contribution is -0.135. The lowest BCUT2D eigenvalue weighted by atomic mass is 9.67. The Bertz CT molecular complexity index is 1210. The monoisotopic (exact) mass is 523 g/mol. The van der Waals surface area contributed by atoms with E-state index in [2.05, 4.69) is 17.0 Å². The molecule has 2 heterocycles. The molecule has 196 valence electrons. The van der Waals surface area contributed by atoms with Crippen LogP contribution < -0.4 is 9.64 Å². The van der Waals surface area contributed by atoms with Gasteiger partial charge >= 0.3 is 5.97 Å². The number of fused-ring (bicyclic) bond motifs is 3. The minimum atomic E-state index is -0.352. The van der Waals surface area contributed by atoms with Crippen LogP contribution in [0.4, 0.5) is 5.69 Å². The van der Waals surface area contributed by atoms with Crippen LogP contribution in [0.1, 0.15) is 60.0 Å². The average Bonchev–Trinajstić information content (AvgIpc) is 3.03. The zero-order chi connectivity index (χ0) is 25.6. The molecule has 2 aliphatic heterocycles. The highest BCUT2D eigenvalue weighted by molar-refractivity contribution is 6.30. The summed E-state index contributed by atoms with van der Waals surface area (Å²) in [4.78, 5) is 27.0. The summed E-state index contributed by atoms with van der Waals surface area (Å²) >= 11 is 6.37. The summed E-state index contributed by atoms with van der Waals surface area (Å²) in [7, 11) is 1.41. The number of anilines is 1. The number of ether oxygens (including phenoxy) is 3. The van der Waals surface area contributed by atoms with Crippen molar-refractivity contribution in [3.63, 3.8) is 0 Å². The van der Waals surface area contributed by atoms with E-state index in [4.69, 9.17) is 25.8 Å². The fourth-order valence-corrected chi connectivity index (χ4v) is 7.13. The van der Waals surface area contributed by atoms with E-state index in [9.17, 15) is 9.59 Å². The first-order valence-electron chi connectivity index (χ1n) is 13.5. The van der Waals surface area contributed by atoms with Crippen LogP contribution in [0.3, 0.4) is 0 Å². The van der Waals surface area contributed by atoms with Gasteiger partial charge in [0.2, 0.25) is 0 Å². The number of hydrogen-bond acceptors (Lipinski definition) is 6. The highest BCUT2D eigenvalue weighted by atomic mass is 35.5. The van der Waals surface area contributed by atoms with Crippen molar-refractivity contribution in [1.29, 1.82) is 0 Å². The number of hydrogen-bond donors (Lipinski definition) is 0. The number of carbonyl (C=O) groups excluding carboxylic acids is 2. The number of nitrogens with zero attached hydrogens (tertiary/aromatic N) is 1. The van der Waals surface area contributed by atoms with E-state index in [0.717, 1.165) is 61.7 Å². The van der Waals surface area contributed by atoms with Gasteiger partial charge in [-0.15, -0.1) is 0 Å². The quantitative estimate of drug-likeness (QED) is 0.502. The van der Waals surface area contributed by atoms with Gasteiger partial charge in [0.25, 0.3) is 0 Å². The molecule has 2 aliphatic carbocycles. The molecule has 1 saturated heterocycles. The van der Waals surface area contributed by atoms with Crippen LogP contribution in [-0.4, -0.2) is 51.3 Å². The summed E-state index contributed by atoms with van der Waals surface area (Å²) in [6.07, 6.45) is 6.43. The second kappa shape index (κ2) is 9.95. The van der Waals surface area contributed by atoms with Gasteiger partial charge in [0.1, 0.15) is 11.5 Å². The van der Waals surface area contributed by atoms with Crippen molar-refractivity contribution in [3.8, 4) is 5.75 Å². The third-order valence-corrected chi connectivity index (χ3v) is 9.24. The first kappa shape index (κ1) is 24.7. The van der Waals surface area contributed by atoms with E-state index in [-0.39, 0.29) is 17.5 Å². The molecule has 4 aliphatic rings. The van der Waals surface area contributed by atoms with E-state index in [0.29, 0.717) is 49.2 Å². The Morgan fingerprint density at radius 2 is 2.08 bits per heavy atom. The maximum absolute atomic E-state index is 12.4. The number of ketones is 1. The number of carbonyl (C=O) groups is 2. The third kappa shape index (κ3) is 4.63. The molecular weight excluding hydrogens is 490 g/mol. The van der Waals surface area contributed by atoms with Gasteiger partial charge in [-0.2, -0.15) is 0 Å². The van der Waals surface area contributed by atoms with Gasteiger partial charge in [0.05, 0.1) is 37.7 Å². The SMILES string of the molecule is COC(=O)c1ccc2c(c1)N(C[C@@H]1CC[C@H]1[C@H]1CC(=O)CCO1)CC1(CCCc3cc(Cl)ccc31)CO2. The molecule has 7 heteroatoms. The van der Waals surface area contributed by atoms with Gasteiger partial charge in [0.15, 0.2) is 0 Å². The molecule has 0 N–H and O–H groups in total. The van der Waals surface area contributed by atoms with E-state index in [1.165, 1.54) is 18.2 Å². The standard InChI is InChI=1S/C30H34ClNO5/c1-35-29(34)20-5-9-27-26(14-20)32(16-21-4-7-24(21)28-15-23(33)10-12-36-28)17-30(18-37-27)11-2-3-19-13-22(31)6-8-25(19)30/h5-6,8-9,13-14,21,24,28H,2-4,7,10-12,15-18H2,1H3/t21-,24+,28+,30?/m0/s1. The van der Waals surface area contributed by atoms with E-state index in [1.54, 1.807) is 6.07 Å². The van der Waals surface area contributed by atoms with Crippen LogP contribution >= 0.6 is 11.6 Å². The molecule has 37 heavy (non-hydrogen) atoms. The summed E-state index contributed by atoms with van der Waals surface area (Å²) in [6, 6.07) is 11.9. The minimum absolute atomic E-state index is 0.0237. The van der Waals surface area contributed by atoms with E-state index in [1.807, 2.05) is 18.2 Å². The molecule has 1 saturated carbocycles. The Morgan fingerprint density at radius 1 is 1.19 bits per heavy atom. The molecule has 4 atom stereocenters. The highest BCUT2D eigenvalue weighted by Gasteiger charge is 2.45. The normalized spacial score (nSPS) is 29.0. The molecular formula is C30H34ClNO5. The van der Waals surface area contributed by atoms with Gasteiger partial charge in [-0.1, -0.05) is 17.7 Å². The fourth-order valence-electron chi connectivity index (χ4n) is 6.94. The smallest absolute Gasteiger partial charge is 0.337 e. The van der Waals surface area contributed by atoms with Crippen molar-refractivity contribution in [3.05, 3.63) is 58.1 Å². The number of Topliss-reactive ketones (excluding diaryl/α,β-unsaturated/α-hetero) is 1. The number of methoxy groups -OCH3 is 1. The largest absolute Gasteiger partial charge is 0.490 e. The van der Waals surface area contributed by atoms with Gasteiger partial charge in [-0.3, -0.25) is 4.79 Å². The molecule has 2 fully saturated rings. The Kier molecular flexibility index (Phi) is 6.66. The number of esters is 1. The van der Waals surface area contributed by atoms with Crippen molar-refractivity contribution in [2.45, 2.75) is 56.5 Å². The topological polar surface area (TPSA) is 65.1 Å². The number of aryl methyl sites for hydroxylation is 1. The molecule has 0 amide bonds. The summed E-state index contributed by atoms with van der Waals surface area (Å²) in [5.41, 5.74) is 3.92. The Balaban J connectivity index is 1.35. The van der Waals surface area contributed by atoms with Gasteiger partial charge < -0.3 is 19.1 Å². The highest BCUT2D eigenvalue weighted by Crippen LogP contribution is 2.47. The Morgan fingerprint density at radius 3 is 2.86 bits per heavy atom. The van der Waals surface area contributed by atoms with E-state index >= 15 is 0 Å². The summed E-state index contributed by atoms with van der Waals surface area (Å²) in [5, 5.41) is 0.771. The first-order chi connectivity index (χ1) is 18.0. The lowest BCUT2D eigenvalue weighted by Gasteiger charge is -2.47. The fraction of sp³-hybridized carbons (Fsp3) is 0.533. The van der Waals surface area contributed by atoms with Crippen LogP contribution in [0.5, 0.6) is 5.75 Å². The summed E-state index contributed by atoms with van der Waals surface area (Å²) in [5.74, 6) is 1.57. The maximum Gasteiger partial charge on any atom is 0.337 e. The average molecular weight is 524 g/mol. The van der Waals surface area contributed by atoms with Gasteiger partial charge in [-0.05, 0) is 85.4 Å². The molecule has 0 bridgehead atoms. The minimum Gasteiger partial charge on any atom is -0.490 e. The van der Waals surface area contributed by atoms with Crippen LogP contribution in [0.2, 0.25) is 5.02 Å². The molecule has 6 rings (SSSR count). The number of halogens is 1. The second-order valence-corrected chi connectivity index (χ2v) is 11.6. The Labute approximate surface area is 223 Å². The van der Waals surface area contributed by atoms with Crippen molar-refractivity contribution in [2.75, 3.05) is 38.3 Å². The van der Waals surface area contributed by atoms with E-state index < -0.39 is 0 Å². The molecule has 6 nitrogen and oxygen atoms in total. The molecule has 2 aromatic carbocycles. The van der Waals surface area contributed by atoms with Gasteiger partial charge in [-0.25, -0.2) is 4.79 Å². The summed E-state index contributed by atoms with van der Waals surface area (Å²) in [6.45, 7) is 2.76. The lowest BCUT2D eigenvalue weighted by Crippen LogP contribution is -2.50. The van der Waals surface area contributed by atoms with Gasteiger partial charge in [0, 0.05) is 36.4 Å². The predicted octanol–water partition coefficient (Wildman–Crippen LogP) is 5.37. The Hall–Kier alpha value is -2.57. The van der Waals surface area contributed by atoms with Crippen molar-refractivity contribution >= 4 is 29.0 Å². The zero-order valence-corrected chi connectivity index (χ0v) is 22.1. The zero-order valence-electron chi connectivity index (χ0n) is 21.3. The predicted molar refractivity (Wildman–Crippen MR) is 142 cm³/mol. The molecule has 0 radical (unpaired) electrons. The number of benzene rings is 2. The van der Waals surface area contributed by atoms with Crippen LogP contribution in [0.15, 0.2) is 36.4 Å². The van der Waals surface area contributed by atoms with Crippen LogP contribution in [0.25, 0.3) is 0 Å². The van der Waals surface area contributed by atoms with Crippen molar-refractivity contribution in [1.82, 2.24) is 0 Å². The maximum atomic E-state index is 12.4. The number of rotatable bonds is 4. The van der Waals surface area contributed by atoms with Crippen molar-refractivity contribution in [2.24, 2.45) is 11.8 Å².